The van der Waals surface area contributed by atoms with Crippen molar-refractivity contribution in [2.45, 2.75) is 13.8 Å². The lowest BCUT2D eigenvalue weighted by Gasteiger charge is -2.06. The summed E-state index contributed by atoms with van der Waals surface area (Å²) in [7, 11) is 0. The number of hydrogen-bond acceptors (Lipinski definition) is 3. The lowest BCUT2D eigenvalue weighted by atomic mass is 10.2. The largest absolute Gasteiger partial charge is 0.349 e. The second kappa shape index (κ2) is 10.3. The molecule has 0 saturated carbocycles. The van der Waals surface area contributed by atoms with Crippen LogP contribution in [0.2, 0.25) is 0 Å². The predicted octanol–water partition coefficient (Wildman–Crippen LogP) is 1.57. The lowest BCUT2D eigenvalue weighted by molar-refractivity contribution is 0.0948. The molecule has 1 heterocycles. The Bertz CT molecular complexity index is 334. The maximum absolute atomic E-state index is 11.6. The zero-order chi connectivity index (χ0) is 11.1. The van der Waals surface area contributed by atoms with Gasteiger partial charge in [-0.1, -0.05) is 13.0 Å². The molecule has 17 heavy (non-hydrogen) atoms. The van der Waals surface area contributed by atoms with Crippen LogP contribution in [-0.2, 0) is 0 Å². The Morgan fingerprint density at radius 2 is 2.06 bits per heavy atom. The van der Waals surface area contributed by atoms with Crippen molar-refractivity contribution in [3.63, 3.8) is 0 Å². The number of pyridine rings is 1. The van der Waals surface area contributed by atoms with Crippen molar-refractivity contribution >= 4 is 30.7 Å². The van der Waals surface area contributed by atoms with E-state index in [1.807, 2.05) is 26.0 Å². The summed E-state index contributed by atoms with van der Waals surface area (Å²) in [6, 6.07) is 3.71. The molecule has 98 valence electrons. The number of hydrogen-bond donors (Lipinski definition) is 2. The first-order valence-electron chi connectivity index (χ1n) is 5.16. The van der Waals surface area contributed by atoms with Gasteiger partial charge in [-0.2, -0.15) is 0 Å². The highest BCUT2D eigenvalue weighted by molar-refractivity contribution is 5.93. The summed E-state index contributed by atoms with van der Waals surface area (Å²) in [6.07, 6.45) is 1.63. The zero-order valence-electron chi connectivity index (χ0n) is 10.0. The van der Waals surface area contributed by atoms with Gasteiger partial charge in [0, 0.05) is 19.3 Å². The number of nitrogens with zero attached hydrogens (tertiary/aromatic N) is 1. The van der Waals surface area contributed by atoms with E-state index in [-0.39, 0.29) is 30.7 Å². The Labute approximate surface area is 114 Å². The molecule has 0 aliphatic heterocycles. The molecule has 0 bridgehead atoms. The third-order valence-corrected chi connectivity index (χ3v) is 2.06. The second-order valence-corrected chi connectivity index (χ2v) is 3.28. The minimum atomic E-state index is -0.106. The van der Waals surface area contributed by atoms with Crippen molar-refractivity contribution < 1.29 is 4.79 Å². The Morgan fingerprint density at radius 3 is 2.65 bits per heavy atom. The van der Waals surface area contributed by atoms with Crippen LogP contribution in [0.4, 0.5) is 0 Å². The van der Waals surface area contributed by atoms with Crippen LogP contribution in [0.3, 0.4) is 0 Å². The van der Waals surface area contributed by atoms with Gasteiger partial charge in [0.05, 0.1) is 0 Å². The maximum Gasteiger partial charge on any atom is 0.270 e. The fourth-order valence-corrected chi connectivity index (χ4v) is 1.25. The van der Waals surface area contributed by atoms with Gasteiger partial charge >= 0.3 is 0 Å². The Morgan fingerprint density at radius 1 is 1.35 bits per heavy atom. The number of halogens is 2. The van der Waals surface area contributed by atoms with Gasteiger partial charge in [-0.15, -0.1) is 24.8 Å². The van der Waals surface area contributed by atoms with E-state index >= 15 is 0 Å². The van der Waals surface area contributed by atoms with E-state index in [0.717, 1.165) is 18.7 Å². The standard InChI is InChI=1S/C11H17N3O.2ClH/c1-3-12-7-8-14-11(15)10-9(2)5-4-6-13-10;;/h4-6,12H,3,7-8H2,1-2H3,(H,14,15);2*1H. The molecular formula is C11H19Cl2N3O. The van der Waals surface area contributed by atoms with Crippen molar-refractivity contribution in [2.24, 2.45) is 0 Å². The number of nitrogens with one attached hydrogen (secondary N) is 2. The molecule has 0 aromatic carbocycles. The van der Waals surface area contributed by atoms with Crippen LogP contribution in [-0.4, -0.2) is 30.5 Å². The van der Waals surface area contributed by atoms with E-state index in [0.29, 0.717) is 12.2 Å². The molecule has 1 rings (SSSR count). The fourth-order valence-electron chi connectivity index (χ4n) is 1.25. The molecule has 0 aliphatic rings. The van der Waals surface area contributed by atoms with Crippen LogP contribution in [0.5, 0.6) is 0 Å². The normalized spacial score (nSPS) is 8.82. The smallest absolute Gasteiger partial charge is 0.270 e. The van der Waals surface area contributed by atoms with Gasteiger partial charge in [-0.3, -0.25) is 9.78 Å². The van der Waals surface area contributed by atoms with Crippen molar-refractivity contribution in [2.75, 3.05) is 19.6 Å². The van der Waals surface area contributed by atoms with Gasteiger partial charge in [0.2, 0.25) is 0 Å². The molecule has 0 radical (unpaired) electrons. The number of amides is 1. The van der Waals surface area contributed by atoms with E-state index in [9.17, 15) is 4.79 Å². The molecule has 0 atom stereocenters. The second-order valence-electron chi connectivity index (χ2n) is 3.28. The van der Waals surface area contributed by atoms with E-state index < -0.39 is 0 Å². The number of carbonyl (C=O) groups is 1. The highest BCUT2D eigenvalue weighted by Crippen LogP contribution is 2.01. The summed E-state index contributed by atoms with van der Waals surface area (Å²) in [5.74, 6) is -0.106. The molecule has 6 heteroatoms. The summed E-state index contributed by atoms with van der Waals surface area (Å²) in [5, 5.41) is 5.95. The molecule has 2 N–H and O–H groups in total. The molecule has 0 unspecified atom stereocenters. The summed E-state index contributed by atoms with van der Waals surface area (Å²) < 4.78 is 0. The molecule has 4 nitrogen and oxygen atoms in total. The number of carbonyl (C=O) groups excluding carboxylic acids is 1. The first-order chi connectivity index (χ1) is 7.25. The summed E-state index contributed by atoms with van der Waals surface area (Å²) >= 11 is 0. The van der Waals surface area contributed by atoms with Crippen LogP contribution < -0.4 is 10.6 Å². The zero-order valence-corrected chi connectivity index (χ0v) is 11.7. The van der Waals surface area contributed by atoms with E-state index in [2.05, 4.69) is 15.6 Å². The van der Waals surface area contributed by atoms with Crippen LogP contribution in [0, 0.1) is 6.92 Å². The molecule has 1 aromatic rings. The average Bonchev–Trinajstić information content (AvgIpc) is 2.25. The van der Waals surface area contributed by atoms with Gasteiger partial charge in [0.1, 0.15) is 5.69 Å². The monoisotopic (exact) mass is 279 g/mol. The predicted molar refractivity (Wildman–Crippen MR) is 74.3 cm³/mol. The minimum Gasteiger partial charge on any atom is -0.349 e. The van der Waals surface area contributed by atoms with Gasteiger partial charge in [-0.05, 0) is 25.1 Å². The van der Waals surface area contributed by atoms with Crippen LogP contribution >= 0.6 is 24.8 Å². The third-order valence-electron chi connectivity index (χ3n) is 2.06. The van der Waals surface area contributed by atoms with Crippen molar-refractivity contribution in [1.82, 2.24) is 15.6 Å². The van der Waals surface area contributed by atoms with E-state index in [1.165, 1.54) is 0 Å². The first-order valence-corrected chi connectivity index (χ1v) is 5.16. The number of aromatic nitrogens is 1. The molecule has 0 fully saturated rings. The minimum absolute atomic E-state index is 0. The van der Waals surface area contributed by atoms with Crippen LogP contribution in [0.15, 0.2) is 18.3 Å². The molecule has 0 saturated heterocycles. The van der Waals surface area contributed by atoms with Gasteiger partial charge < -0.3 is 10.6 Å². The Kier molecular flexibility index (Phi) is 11.2. The summed E-state index contributed by atoms with van der Waals surface area (Å²) in [4.78, 5) is 15.7. The van der Waals surface area contributed by atoms with Gasteiger partial charge in [-0.25, -0.2) is 0 Å². The third kappa shape index (κ3) is 6.46. The number of aryl methyl sites for hydroxylation is 1. The van der Waals surface area contributed by atoms with Crippen LogP contribution in [0.25, 0.3) is 0 Å². The topological polar surface area (TPSA) is 54.0 Å². The van der Waals surface area contributed by atoms with Crippen molar-refractivity contribution in [3.05, 3.63) is 29.6 Å². The van der Waals surface area contributed by atoms with Crippen molar-refractivity contribution in [3.8, 4) is 0 Å². The fraction of sp³-hybridized carbons (Fsp3) is 0.455. The van der Waals surface area contributed by atoms with E-state index in [1.54, 1.807) is 6.20 Å². The Balaban J connectivity index is 0. The molecule has 0 aliphatic carbocycles. The van der Waals surface area contributed by atoms with Gasteiger partial charge in [0.25, 0.3) is 5.91 Å². The Hall–Kier alpha value is -0.840. The highest BCUT2D eigenvalue weighted by Gasteiger charge is 2.08. The number of rotatable bonds is 5. The number of likely N-dealkylation sites (N-methyl/N-ethyl adjacent to an activating group) is 1. The quantitative estimate of drug-likeness (QED) is 0.805. The van der Waals surface area contributed by atoms with Crippen molar-refractivity contribution in [1.29, 1.82) is 0 Å². The molecule has 0 spiro atoms. The average molecular weight is 280 g/mol. The first kappa shape index (κ1) is 18.5. The summed E-state index contributed by atoms with van der Waals surface area (Å²) in [6.45, 7) is 6.24. The van der Waals surface area contributed by atoms with Crippen LogP contribution in [0.1, 0.15) is 23.0 Å². The maximum atomic E-state index is 11.6. The van der Waals surface area contributed by atoms with E-state index in [4.69, 9.17) is 0 Å². The van der Waals surface area contributed by atoms with Gasteiger partial charge in [0.15, 0.2) is 0 Å². The molecule has 1 amide bonds. The lowest BCUT2D eigenvalue weighted by Crippen LogP contribution is -2.32. The molecular weight excluding hydrogens is 261 g/mol. The highest BCUT2D eigenvalue weighted by atomic mass is 35.5. The molecule has 1 aromatic heterocycles. The SMILES string of the molecule is CCNCCNC(=O)c1ncccc1C.Cl.Cl. The summed E-state index contributed by atoms with van der Waals surface area (Å²) in [5.41, 5.74) is 1.41.